The van der Waals surface area contributed by atoms with Crippen LogP contribution in [0.4, 0.5) is 8.78 Å². The maximum Gasteiger partial charge on any atom is 0.311 e. The van der Waals surface area contributed by atoms with Gasteiger partial charge in [-0.25, -0.2) is 8.78 Å². The fourth-order valence-electron chi connectivity index (χ4n) is 2.60. The van der Waals surface area contributed by atoms with Gasteiger partial charge in [-0.05, 0) is 128 Å². The van der Waals surface area contributed by atoms with Gasteiger partial charge in [-0.2, -0.15) is 0 Å². The molecule has 334 valence electrons. The molecular weight excluding hydrogens is 738 g/mol. The van der Waals surface area contributed by atoms with Crippen LogP contribution in [0.1, 0.15) is 151 Å². The first-order chi connectivity index (χ1) is 25.3. The molecule has 0 saturated carbocycles. The van der Waals surface area contributed by atoms with Crippen molar-refractivity contribution in [1.29, 1.82) is 0 Å². The van der Waals surface area contributed by atoms with Crippen molar-refractivity contribution < 1.29 is 56.4 Å². The Bertz CT molecular complexity index is 1250. The zero-order valence-corrected chi connectivity index (χ0v) is 39.4. The highest BCUT2D eigenvalue weighted by Crippen LogP contribution is 2.20. The summed E-state index contributed by atoms with van der Waals surface area (Å²) in [6.07, 6.45) is -2.58. The van der Waals surface area contributed by atoms with Gasteiger partial charge < -0.3 is 23.7 Å². The van der Waals surface area contributed by atoms with Crippen molar-refractivity contribution in [2.45, 2.75) is 158 Å². The van der Waals surface area contributed by atoms with E-state index in [1.807, 2.05) is 155 Å². The zero-order chi connectivity index (χ0) is 46.2. The molecule has 0 spiro atoms. The second-order valence-electron chi connectivity index (χ2n) is 20.2. The van der Waals surface area contributed by atoms with Gasteiger partial charge in [0.05, 0.1) is 46.9 Å². The van der Waals surface area contributed by atoms with Crippen molar-refractivity contribution in [3.05, 3.63) is 35.9 Å². The van der Waals surface area contributed by atoms with Crippen molar-refractivity contribution in [3.63, 3.8) is 0 Å². The van der Waals surface area contributed by atoms with Crippen LogP contribution in [0.3, 0.4) is 0 Å². The molecule has 1 aromatic carbocycles. The average Bonchev–Trinajstić information content (AvgIpc) is 3.03. The molecule has 0 aliphatic carbocycles. The predicted molar refractivity (Wildman–Crippen MR) is 223 cm³/mol. The van der Waals surface area contributed by atoms with E-state index in [1.54, 1.807) is 20.8 Å². The number of hydrogen-bond donors (Lipinski definition) is 0. The molecule has 57 heavy (non-hydrogen) atoms. The maximum atomic E-state index is 11.5. The van der Waals surface area contributed by atoms with Crippen molar-refractivity contribution >= 4 is 29.8 Å². The molecule has 10 nitrogen and oxygen atoms in total. The Hall–Kier alpha value is -3.57. The first-order valence-electron chi connectivity index (χ1n) is 19.5. The molecule has 0 heterocycles. The van der Waals surface area contributed by atoms with E-state index in [0.29, 0.717) is 32.3 Å². The van der Waals surface area contributed by atoms with Crippen LogP contribution in [0.15, 0.2) is 30.3 Å². The van der Waals surface area contributed by atoms with E-state index < -0.39 is 29.8 Å². The summed E-state index contributed by atoms with van der Waals surface area (Å²) in [6, 6.07) is 9.68. The highest BCUT2D eigenvalue weighted by atomic mass is 19.3. The average molecular weight is 819 g/mol. The van der Waals surface area contributed by atoms with Gasteiger partial charge in [0.2, 0.25) is 0 Å². The highest BCUT2D eigenvalue weighted by molar-refractivity contribution is 5.76. The SMILES string of the molecule is CC(C)(C)C(=O)OCC(F)F.CC(C)(C)C(=O)OCc1ccccc1.CC(C)(C)COC(=O)C(C)(C)C.CC(C)COC(=O)C(C)(C)C.CCOC(=O)C(C)(C)C. The number of carbonyl (C=O) groups is 5. The van der Waals surface area contributed by atoms with Crippen LogP contribution in [-0.4, -0.2) is 62.7 Å². The Labute approximate surface area is 344 Å². The molecule has 0 N–H and O–H groups in total. The summed E-state index contributed by atoms with van der Waals surface area (Å²) < 4.78 is 47.4. The topological polar surface area (TPSA) is 132 Å². The summed E-state index contributed by atoms with van der Waals surface area (Å²) in [5.74, 6) is -0.728. The Balaban J connectivity index is -0.000000310. The van der Waals surface area contributed by atoms with Crippen LogP contribution < -0.4 is 0 Å². The van der Waals surface area contributed by atoms with Crippen LogP contribution in [0.25, 0.3) is 0 Å². The minimum atomic E-state index is -2.58. The fourth-order valence-corrected chi connectivity index (χ4v) is 2.60. The predicted octanol–water partition coefficient (Wildman–Crippen LogP) is 11.1. The van der Waals surface area contributed by atoms with E-state index >= 15 is 0 Å². The van der Waals surface area contributed by atoms with Gasteiger partial charge in [-0.15, -0.1) is 0 Å². The molecule has 0 aromatic heterocycles. The molecular formula is C45H80F2O10. The summed E-state index contributed by atoms with van der Waals surface area (Å²) in [7, 11) is 0. The molecule has 12 heteroatoms. The monoisotopic (exact) mass is 819 g/mol. The van der Waals surface area contributed by atoms with Crippen LogP contribution >= 0.6 is 0 Å². The van der Waals surface area contributed by atoms with E-state index in [2.05, 4.69) is 4.74 Å². The lowest BCUT2D eigenvalue weighted by molar-refractivity contribution is -0.157. The fraction of sp³-hybridized carbons (Fsp3) is 0.756. The molecule has 0 unspecified atom stereocenters. The Morgan fingerprint density at radius 3 is 1.09 bits per heavy atom. The van der Waals surface area contributed by atoms with Gasteiger partial charge in [0.15, 0.2) is 6.61 Å². The molecule has 0 saturated heterocycles. The first-order valence-corrected chi connectivity index (χ1v) is 19.5. The van der Waals surface area contributed by atoms with Crippen molar-refractivity contribution in [1.82, 2.24) is 0 Å². The summed E-state index contributed by atoms with van der Waals surface area (Å²) in [4.78, 5) is 55.5. The number of ether oxygens (including phenoxy) is 5. The van der Waals surface area contributed by atoms with Gasteiger partial charge >= 0.3 is 29.8 Å². The standard InChI is InChI=1S/C12H16O2.C10H20O2.C9H18O2.C7H12F2O2.C7H14O2/c1-12(2,3)11(13)14-9-10-7-5-4-6-8-10;1-9(2,3)7-12-8(11)10(4,5)6;1-7(2)6-11-8(10)9(3,4)5;1-7(2,3)6(10)11-4-5(8)9;1-5-9-6(8)7(2,3)4/h4-8H,9H2,1-3H3;7H2,1-6H3;7H,6H2,1-5H3;5H,4H2,1-3H3;5H2,1-4H3. The Morgan fingerprint density at radius 2 is 0.807 bits per heavy atom. The van der Waals surface area contributed by atoms with Gasteiger partial charge in [0.25, 0.3) is 6.43 Å². The Kier molecular flexibility index (Phi) is 28.7. The number of esters is 5. The van der Waals surface area contributed by atoms with Gasteiger partial charge in [-0.1, -0.05) is 65.0 Å². The molecule has 1 aromatic rings. The van der Waals surface area contributed by atoms with Gasteiger partial charge in [-0.3, -0.25) is 24.0 Å². The number of carbonyl (C=O) groups excluding carboxylic acids is 5. The van der Waals surface area contributed by atoms with Crippen LogP contribution in [0.2, 0.25) is 0 Å². The van der Waals surface area contributed by atoms with E-state index in [0.717, 1.165) is 5.56 Å². The summed E-state index contributed by atoms with van der Waals surface area (Å²) in [5.41, 5.74) is -1.15. The zero-order valence-electron chi connectivity index (χ0n) is 39.4. The smallest absolute Gasteiger partial charge is 0.311 e. The molecule has 0 amide bonds. The lowest BCUT2D eigenvalue weighted by Crippen LogP contribution is -2.27. The number of rotatable bonds is 8. The third kappa shape index (κ3) is 39.1. The van der Waals surface area contributed by atoms with Crippen molar-refractivity contribution in [3.8, 4) is 0 Å². The van der Waals surface area contributed by atoms with Gasteiger partial charge in [0.1, 0.15) is 6.61 Å². The van der Waals surface area contributed by atoms with E-state index in [1.165, 1.54) is 0 Å². The maximum absolute atomic E-state index is 11.5. The molecule has 0 aliphatic rings. The largest absolute Gasteiger partial charge is 0.466 e. The molecule has 0 aliphatic heterocycles. The summed E-state index contributed by atoms with van der Waals surface area (Å²) in [5, 5.41) is 0. The van der Waals surface area contributed by atoms with Gasteiger partial charge in [0, 0.05) is 0 Å². The summed E-state index contributed by atoms with van der Waals surface area (Å²) >= 11 is 0. The number of halogens is 2. The molecule has 0 atom stereocenters. The lowest BCUT2D eigenvalue weighted by Gasteiger charge is -2.22. The van der Waals surface area contributed by atoms with Crippen LogP contribution in [0.5, 0.6) is 0 Å². The third-order valence-electron chi connectivity index (χ3n) is 6.07. The second kappa shape index (κ2) is 27.2. The highest BCUT2D eigenvalue weighted by Gasteiger charge is 2.26. The normalized spacial score (nSPS) is 11.7. The number of hydrogen-bond acceptors (Lipinski definition) is 10. The third-order valence-corrected chi connectivity index (χ3v) is 6.07. The number of alkyl halides is 2. The quantitative estimate of drug-likeness (QED) is 0.184. The minimum Gasteiger partial charge on any atom is -0.466 e. The molecule has 1 rings (SSSR count). The second-order valence-corrected chi connectivity index (χ2v) is 20.2. The lowest BCUT2D eigenvalue weighted by atomic mass is 9.96. The molecule has 0 radical (unpaired) electrons. The van der Waals surface area contributed by atoms with Crippen LogP contribution in [-0.2, 0) is 54.3 Å². The minimum absolute atomic E-state index is 0.0565. The van der Waals surface area contributed by atoms with Crippen molar-refractivity contribution in [2.24, 2.45) is 38.4 Å². The molecule has 0 fully saturated rings. The molecule has 0 bridgehead atoms. The number of benzene rings is 1. The summed E-state index contributed by atoms with van der Waals surface area (Å²) in [6.45, 7) is 40.1. The van der Waals surface area contributed by atoms with Crippen LogP contribution in [0, 0.1) is 38.4 Å². The van der Waals surface area contributed by atoms with E-state index in [9.17, 15) is 32.8 Å². The Morgan fingerprint density at radius 1 is 0.491 bits per heavy atom. The first kappa shape index (κ1) is 60.1. The van der Waals surface area contributed by atoms with E-state index in [4.69, 9.17) is 18.9 Å². The van der Waals surface area contributed by atoms with Crippen molar-refractivity contribution in [2.75, 3.05) is 26.4 Å². The van der Waals surface area contributed by atoms with E-state index in [-0.39, 0.29) is 45.5 Å².